The van der Waals surface area contributed by atoms with Crippen LogP contribution < -0.4 is 0 Å². The van der Waals surface area contributed by atoms with Crippen molar-refractivity contribution in [2.75, 3.05) is 0 Å². The molecule has 2 nitrogen and oxygen atoms in total. The van der Waals surface area contributed by atoms with E-state index in [0.717, 1.165) is 12.8 Å². The molecule has 0 saturated heterocycles. The maximum Gasteiger partial charge on any atom is 0.150 e. The summed E-state index contributed by atoms with van der Waals surface area (Å²) in [7, 11) is 0. The van der Waals surface area contributed by atoms with Crippen LogP contribution in [0.4, 0.5) is 0 Å². The molecule has 0 spiro atoms. The van der Waals surface area contributed by atoms with Gasteiger partial charge in [0.15, 0.2) is 5.60 Å². The summed E-state index contributed by atoms with van der Waals surface area (Å²) in [5.74, 6) is 0. The van der Waals surface area contributed by atoms with Crippen LogP contribution in [0.5, 0.6) is 0 Å². The lowest BCUT2D eigenvalue weighted by atomic mass is 9.67. The van der Waals surface area contributed by atoms with Crippen molar-refractivity contribution in [2.45, 2.75) is 24.5 Å². The molecular weight excluding hydrogens is 224 g/mol. The third-order valence-corrected chi connectivity index (χ3v) is 4.08. The van der Waals surface area contributed by atoms with Crippen LogP contribution in [0.1, 0.15) is 18.4 Å². The van der Waals surface area contributed by atoms with Gasteiger partial charge in [-0.2, -0.15) is 0 Å². The lowest BCUT2D eigenvalue weighted by Crippen LogP contribution is -2.46. The second-order valence-corrected chi connectivity index (χ2v) is 4.97. The number of benzene rings is 1. The Bertz CT molecular complexity index is 568. The Morgan fingerprint density at radius 3 is 2.78 bits per heavy atom. The van der Waals surface area contributed by atoms with E-state index in [1.54, 1.807) is 0 Å². The van der Waals surface area contributed by atoms with E-state index in [1.807, 2.05) is 18.2 Å². The quantitative estimate of drug-likeness (QED) is 0.698. The van der Waals surface area contributed by atoms with Crippen LogP contribution in [0.2, 0.25) is 0 Å². The lowest BCUT2D eigenvalue weighted by molar-refractivity contribution is -0.388. The zero-order chi connectivity index (χ0) is 12.0. The van der Waals surface area contributed by atoms with Gasteiger partial charge in [-0.3, -0.25) is 0 Å². The Morgan fingerprint density at radius 2 is 2.00 bits per heavy atom. The van der Waals surface area contributed by atoms with E-state index in [1.165, 1.54) is 16.7 Å². The van der Waals surface area contributed by atoms with Gasteiger partial charge in [0.25, 0.3) is 0 Å². The van der Waals surface area contributed by atoms with Crippen molar-refractivity contribution in [3.05, 3.63) is 71.3 Å². The largest absolute Gasteiger partial charge is 0.223 e. The molecule has 4 rings (SSSR count). The molecule has 90 valence electrons. The first-order valence-corrected chi connectivity index (χ1v) is 6.38. The van der Waals surface area contributed by atoms with Gasteiger partial charge < -0.3 is 0 Å². The number of allylic oxidation sites excluding steroid dienone is 2. The Hall–Kier alpha value is -1.64. The predicted molar refractivity (Wildman–Crippen MR) is 68.6 cm³/mol. The maximum absolute atomic E-state index is 5.78. The highest BCUT2D eigenvalue weighted by Crippen LogP contribution is 2.54. The topological polar surface area (TPSA) is 18.5 Å². The zero-order valence-corrected chi connectivity index (χ0v) is 10.0. The monoisotopic (exact) mass is 238 g/mol. The molecule has 2 atom stereocenters. The SMILES string of the molecule is C1=CC2=C3CC[C@@]3(c3ccccc3)OO[C@H]2C=C1. The first-order valence-electron chi connectivity index (χ1n) is 6.38. The van der Waals surface area contributed by atoms with Crippen molar-refractivity contribution in [3.63, 3.8) is 0 Å². The Labute approximate surface area is 106 Å². The van der Waals surface area contributed by atoms with Crippen LogP contribution in [0.3, 0.4) is 0 Å². The van der Waals surface area contributed by atoms with Gasteiger partial charge >= 0.3 is 0 Å². The maximum atomic E-state index is 5.78. The van der Waals surface area contributed by atoms with E-state index in [4.69, 9.17) is 9.78 Å². The molecule has 1 heterocycles. The lowest BCUT2D eigenvalue weighted by Gasteiger charge is -2.48. The van der Waals surface area contributed by atoms with Crippen LogP contribution in [0.15, 0.2) is 65.8 Å². The average Bonchev–Trinajstić information content (AvgIpc) is 2.40. The molecular formula is C16H14O2. The molecule has 1 aromatic rings. The summed E-state index contributed by atoms with van der Waals surface area (Å²) in [5.41, 5.74) is 3.52. The average molecular weight is 238 g/mol. The minimum Gasteiger partial charge on any atom is -0.223 e. The minimum atomic E-state index is -0.331. The van der Waals surface area contributed by atoms with Gasteiger partial charge in [0.05, 0.1) is 0 Å². The summed E-state index contributed by atoms with van der Waals surface area (Å²) < 4.78 is 0. The van der Waals surface area contributed by atoms with Gasteiger partial charge in [0.2, 0.25) is 0 Å². The van der Waals surface area contributed by atoms with Gasteiger partial charge in [-0.25, -0.2) is 9.78 Å². The third kappa shape index (κ3) is 1.25. The zero-order valence-electron chi connectivity index (χ0n) is 10.0. The van der Waals surface area contributed by atoms with Crippen molar-refractivity contribution >= 4 is 0 Å². The molecule has 0 unspecified atom stereocenters. The Morgan fingerprint density at radius 1 is 1.11 bits per heavy atom. The molecule has 0 radical (unpaired) electrons. The Kier molecular flexibility index (Phi) is 2.10. The van der Waals surface area contributed by atoms with Crippen molar-refractivity contribution in [3.8, 4) is 0 Å². The van der Waals surface area contributed by atoms with Gasteiger partial charge in [-0.15, -0.1) is 0 Å². The fourth-order valence-corrected chi connectivity index (χ4v) is 3.03. The number of rotatable bonds is 1. The first-order chi connectivity index (χ1) is 8.90. The molecule has 0 N–H and O–H groups in total. The Balaban J connectivity index is 1.85. The van der Waals surface area contributed by atoms with Crippen LogP contribution in [-0.4, -0.2) is 6.10 Å². The van der Waals surface area contributed by atoms with Crippen molar-refractivity contribution < 1.29 is 9.78 Å². The van der Waals surface area contributed by atoms with Crippen LogP contribution >= 0.6 is 0 Å². The second kappa shape index (κ2) is 3.67. The molecule has 18 heavy (non-hydrogen) atoms. The van der Waals surface area contributed by atoms with E-state index in [-0.39, 0.29) is 11.7 Å². The molecule has 1 aromatic carbocycles. The normalized spacial score (nSPS) is 32.8. The number of fused-ring (bicyclic) bond motifs is 2. The fraction of sp³-hybridized carbons (Fsp3) is 0.250. The van der Waals surface area contributed by atoms with E-state index < -0.39 is 0 Å². The van der Waals surface area contributed by atoms with Crippen LogP contribution in [-0.2, 0) is 15.4 Å². The van der Waals surface area contributed by atoms with Gasteiger partial charge in [-0.1, -0.05) is 48.6 Å². The van der Waals surface area contributed by atoms with Crippen molar-refractivity contribution in [2.24, 2.45) is 0 Å². The second-order valence-electron chi connectivity index (χ2n) is 4.97. The highest BCUT2D eigenvalue weighted by Gasteiger charge is 2.51. The van der Waals surface area contributed by atoms with E-state index in [2.05, 4.69) is 36.4 Å². The van der Waals surface area contributed by atoms with Crippen molar-refractivity contribution in [1.82, 2.24) is 0 Å². The molecule has 3 aliphatic rings. The summed E-state index contributed by atoms with van der Waals surface area (Å²) in [6.45, 7) is 0. The molecule has 0 amide bonds. The van der Waals surface area contributed by atoms with Gasteiger partial charge in [0.1, 0.15) is 6.10 Å². The molecule has 0 bridgehead atoms. The molecule has 2 heteroatoms. The van der Waals surface area contributed by atoms with E-state index >= 15 is 0 Å². The van der Waals surface area contributed by atoms with E-state index in [0.29, 0.717) is 0 Å². The molecule has 2 aliphatic carbocycles. The third-order valence-electron chi connectivity index (χ3n) is 4.08. The smallest absolute Gasteiger partial charge is 0.150 e. The summed E-state index contributed by atoms with van der Waals surface area (Å²) in [5, 5.41) is 0. The number of hydrogen-bond donors (Lipinski definition) is 0. The van der Waals surface area contributed by atoms with Gasteiger partial charge in [-0.05, 0) is 35.6 Å². The summed E-state index contributed by atoms with van der Waals surface area (Å²) in [4.78, 5) is 11.4. The van der Waals surface area contributed by atoms with Crippen LogP contribution in [0.25, 0.3) is 0 Å². The first kappa shape index (κ1) is 10.3. The fourth-order valence-electron chi connectivity index (χ4n) is 3.03. The standard InChI is InChI=1S/C16H14O2/c1-2-6-12(7-3-1)16-11-10-14(16)13-8-4-5-9-15(13)17-18-16/h1-9,15H,10-11H2/t15-,16-/m0/s1. The summed E-state index contributed by atoms with van der Waals surface area (Å²) >= 11 is 0. The summed E-state index contributed by atoms with van der Waals surface area (Å²) in [6.07, 6.45) is 10.3. The number of hydrogen-bond acceptors (Lipinski definition) is 2. The predicted octanol–water partition coefficient (Wildman–Crippen LogP) is 3.43. The van der Waals surface area contributed by atoms with Crippen LogP contribution in [0, 0.1) is 0 Å². The van der Waals surface area contributed by atoms with Gasteiger partial charge in [0, 0.05) is 0 Å². The van der Waals surface area contributed by atoms with Crippen molar-refractivity contribution in [1.29, 1.82) is 0 Å². The summed E-state index contributed by atoms with van der Waals surface area (Å²) in [6, 6.07) is 10.4. The molecule has 1 saturated carbocycles. The molecule has 0 aromatic heterocycles. The highest BCUT2D eigenvalue weighted by atomic mass is 17.2. The minimum absolute atomic E-state index is 0.0258. The molecule has 1 fully saturated rings. The highest BCUT2D eigenvalue weighted by molar-refractivity contribution is 5.49. The molecule has 1 aliphatic heterocycles. The van der Waals surface area contributed by atoms with E-state index in [9.17, 15) is 0 Å².